The molecule has 0 fully saturated rings. The standard InChI is InChI=1S/C11H9N3/c1-3-12-6-8-5-9-7-13-4-2-11(9)14-10(1)8/h1,3,5-7H,2,4H2. The molecule has 0 unspecified atom stereocenters. The van der Waals surface area contributed by atoms with E-state index in [2.05, 4.69) is 21.0 Å². The van der Waals surface area contributed by atoms with E-state index in [0.29, 0.717) is 0 Å². The van der Waals surface area contributed by atoms with Crippen LogP contribution in [0.3, 0.4) is 0 Å². The summed E-state index contributed by atoms with van der Waals surface area (Å²) in [5, 5.41) is 1.08. The molecule has 2 aromatic rings. The fourth-order valence-corrected chi connectivity index (χ4v) is 1.72. The summed E-state index contributed by atoms with van der Waals surface area (Å²) >= 11 is 0. The van der Waals surface area contributed by atoms with Gasteiger partial charge in [-0.3, -0.25) is 15.0 Å². The maximum Gasteiger partial charge on any atom is 0.0736 e. The van der Waals surface area contributed by atoms with Crippen molar-refractivity contribution in [2.75, 3.05) is 6.54 Å². The predicted octanol–water partition coefficient (Wildman–Crippen LogP) is 1.60. The van der Waals surface area contributed by atoms with Gasteiger partial charge in [-0.05, 0) is 12.1 Å². The Labute approximate surface area is 81.5 Å². The SMILES string of the molecule is C1=NCCc2nc3ccncc3cc21. The van der Waals surface area contributed by atoms with Crippen LogP contribution < -0.4 is 0 Å². The van der Waals surface area contributed by atoms with Crippen LogP contribution in [0.15, 0.2) is 29.5 Å². The van der Waals surface area contributed by atoms with E-state index in [9.17, 15) is 0 Å². The molecule has 0 saturated heterocycles. The van der Waals surface area contributed by atoms with Crippen LogP contribution in [-0.2, 0) is 6.42 Å². The molecule has 0 bridgehead atoms. The smallest absolute Gasteiger partial charge is 0.0736 e. The number of hydrogen-bond donors (Lipinski definition) is 0. The second-order valence-electron chi connectivity index (χ2n) is 3.38. The van der Waals surface area contributed by atoms with E-state index in [0.717, 1.165) is 35.1 Å². The van der Waals surface area contributed by atoms with Crippen molar-refractivity contribution >= 4 is 17.1 Å². The summed E-state index contributed by atoms with van der Waals surface area (Å²) in [7, 11) is 0. The molecular formula is C11H9N3. The highest BCUT2D eigenvalue weighted by molar-refractivity contribution is 5.89. The Kier molecular flexibility index (Phi) is 1.56. The Morgan fingerprint density at radius 2 is 2.29 bits per heavy atom. The number of aromatic nitrogens is 2. The molecule has 0 amide bonds. The zero-order valence-corrected chi connectivity index (χ0v) is 7.64. The first kappa shape index (κ1) is 7.62. The van der Waals surface area contributed by atoms with Gasteiger partial charge in [0.2, 0.25) is 0 Å². The monoisotopic (exact) mass is 183 g/mol. The third-order valence-corrected chi connectivity index (χ3v) is 2.44. The summed E-state index contributed by atoms with van der Waals surface area (Å²) in [6, 6.07) is 4.05. The van der Waals surface area contributed by atoms with Crippen molar-refractivity contribution in [3.63, 3.8) is 0 Å². The molecule has 3 heterocycles. The van der Waals surface area contributed by atoms with Gasteiger partial charge in [0.05, 0.1) is 11.2 Å². The van der Waals surface area contributed by atoms with Crippen molar-refractivity contribution in [3.8, 4) is 0 Å². The molecule has 1 aliphatic heterocycles. The van der Waals surface area contributed by atoms with Gasteiger partial charge in [-0.1, -0.05) is 0 Å². The Hall–Kier alpha value is -1.77. The average Bonchev–Trinajstić information content (AvgIpc) is 2.26. The van der Waals surface area contributed by atoms with Crippen LogP contribution >= 0.6 is 0 Å². The van der Waals surface area contributed by atoms with Crippen LogP contribution in [0.25, 0.3) is 10.9 Å². The van der Waals surface area contributed by atoms with Crippen LogP contribution in [-0.4, -0.2) is 22.7 Å². The molecule has 3 nitrogen and oxygen atoms in total. The molecule has 2 aromatic heterocycles. The minimum absolute atomic E-state index is 0.858. The third-order valence-electron chi connectivity index (χ3n) is 2.44. The van der Waals surface area contributed by atoms with Crippen LogP contribution in [0, 0.1) is 0 Å². The third kappa shape index (κ3) is 1.09. The first-order valence-corrected chi connectivity index (χ1v) is 4.67. The summed E-state index contributed by atoms with van der Waals surface area (Å²) in [6.45, 7) is 0.858. The van der Waals surface area contributed by atoms with E-state index < -0.39 is 0 Å². The van der Waals surface area contributed by atoms with E-state index in [4.69, 9.17) is 0 Å². The van der Waals surface area contributed by atoms with E-state index in [1.165, 1.54) is 0 Å². The minimum atomic E-state index is 0.858. The molecule has 0 saturated carbocycles. The van der Waals surface area contributed by atoms with Gasteiger partial charge in [-0.2, -0.15) is 0 Å². The maximum absolute atomic E-state index is 4.58. The van der Waals surface area contributed by atoms with Gasteiger partial charge in [0.25, 0.3) is 0 Å². The molecule has 0 aromatic carbocycles. The second-order valence-corrected chi connectivity index (χ2v) is 3.38. The first-order valence-electron chi connectivity index (χ1n) is 4.67. The quantitative estimate of drug-likeness (QED) is 0.622. The van der Waals surface area contributed by atoms with Crippen molar-refractivity contribution in [2.45, 2.75) is 6.42 Å². The van der Waals surface area contributed by atoms with Gasteiger partial charge in [-0.15, -0.1) is 0 Å². The normalized spacial score (nSPS) is 14.3. The first-order chi connectivity index (χ1) is 6.93. The zero-order chi connectivity index (χ0) is 9.38. The zero-order valence-electron chi connectivity index (χ0n) is 7.64. The molecular weight excluding hydrogens is 174 g/mol. The molecule has 1 aliphatic rings. The van der Waals surface area contributed by atoms with Crippen molar-refractivity contribution in [3.05, 3.63) is 35.8 Å². The number of fused-ring (bicyclic) bond motifs is 2. The Balaban J connectivity index is 2.34. The van der Waals surface area contributed by atoms with Crippen LogP contribution in [0.2, 0.25) is 0 Å². The molecule has 3 rings (SSSR count). The van der Waals surface area contributed by atoms with Crippen LogP contribution in [0.1, 0.15) is 11.3 Å². The fourth-order valence-electron chi connectivity index (χ4n) is 1.72. The van der Waals surface area contributed by atoms with Gasteiger partial charge < -0.3 is 0 Å². The highest BCUT2D eigenvalue weighted by Gasteiger charge is 2.07. The van der Waals surface area contributed by atoms with Crippen LogP contribution in [0.4, 0.5) is 0 Å². The molecule has 14 heavy (non-hydrogen) atoms. The number of rotatable bonds is 0. The van der Waals surface area contributed by atoms with E-state index >= 15 is 0 Å². The van der Waals surface area contributed by atoms with Gasteiger partial charge in [-0.25, -0.2) is 0 Å². The number of pyridine rings is 2. The molecule has 0 aliphatic carbocycles. The van der Waals surface area contributed by atoms with Gasteiger partial charge in [0.1, 0.15) is 0 Å². The largest absolute Gasteiger partial charge is 0.292 e. The molecule has 3 heteroatoms. The van der Waals surface area contributed by atoms with Crippen molar-refractivity contribution in [2.24, 2.45) is 4.99 Å². The van der Waals surface area contributed by atoms with Gasteiger partial charge in [0.15, 0.2) is 0 Å². The highest BCUT2D eigenvalue weighted by atomic mass is 14.8. The highest BCUT2D eigenvalue weighted by Crippen LogP contribution is 2.16. The minimum Gasteiger partial charge on any atom is -0.292 e. The van der Waals surface area contributed by atoms with Gasteiger partial charge in [0, 0.05) is 42.5 Å². The molecule has 0 N–H and O–H groups in total. The lowest BCUT2D eigenvalue weighted by atomic mass is 10.1. The molecule has 0 atom stereocenters. The predicted molar refractivity (Wildman–Crippen MR) is 55.7 cm³/mol. The average molecular weight is 183 g/mol. The Bertz CT molecular complexity index is 517. The van der Waals surface area contributed by atoms with E-state index in [1.807, 2.05) is 18.5 Å². The topological polar surface area (TPSA) is 38.1 Å². The lowest BCUT2D eigenvalue weighted by molar-refractivity contribution is 0.914. The van der Waals surface area contributed by atoms with Crippen molar-refractivity contribution in [1.82, 2.24) is 9.97 Å². The second kappa shape index (κ2) is 2.87. The lowest BCUT2D eigenvalue weighted by Gasteiger charge is -2.09. The van der Waals surface area contributed by atoms with Crippen molar-refractivity contribution in [1.29, 1.82) is 0 Å². The number of aliphatic imine (C=N–C) groups is 1. The molecule has 0 spiro atoms. The van der Waals surface area contributed by atoms with Gasteiger partial charge >= 0.3 is 0 Å². The number of nitrogens with zero attached hydrogens (tertiary/aromatic N) is 3. The Morgan fingerprint density at radius 1 is 1.29 bits per heavy atom. The summed E-state index contributed by atoms with van der Waals surface area (Å²) in [5.74, 6) is 0. The number of hydrogen-bond acceptors (Lipinski definition) is 3. The summed E-state index contributed by atoms with van der Waals surface area (Å²) in [4.78, 5) is 12.9. The van der Waals surface area contributed by atoms with Crippen LogP contribution in [0.5, 0.6) is 0 Å². The van der Waals surface area contributed by atoms with E-state index in [-0.39, 0.29) is 0 Å². The molecule has 68 valence electrons. The maximum atomic E-state index is 4.58. The van der Waals surface area contributed by atoms with E-state index in [1.54, 1.807) is 6.20 Å². The lowest BCUT2D eigenvalue weighted by Crippen LogP contribution is -2.05. The Morgan fingerprint density at radius 3 is 3.29 bits per heavy atom. The summed E-state index contributed by atoms with van der Waals surface area (Å²) < 4.78 is 0. The van der Waals surface area contributed by atoms with Crippen molar-refractivity contribution < 1.29 is 0 Å². The fraction of sp³-hybridized carbons (Fsp3) is 0.182. The summed E-state index contributed by atoms with van der Waals surface area (Å²) in [5.41, 5.74) is 3.31. The molecule has 0 radical (unpaired) electrons. The summed E-state index contributed by atoms with van der Waals surface area (Å²) in [6.07, 6.45) is 6.46.